The summed E-state index contributed by atoms with van der Waals surface area (Å²) in [5.41, 5.74) is 1.74. The van der Waals surface area contributed by atoms with E-state index in [0.29, 0.717) is 11.3 Å². The first kappa shape index (κ1) is 13.9. The summed E-state index contributed by atoms with van der Waals surface area (Å²) in [5, 5.41) is 2.59. The second-order valence-electron chi connectivity index (χ2n) is 4.57. The van der Waals surface area contributed by atoms with Gasteiger partial charge in [0.1, 0.15) is 5.82 Å². The molecule has 3 nitrogen and oxygen atoms in total. The lowest BCUT2D eigenvalue weighted by Crippen LogP contribution is -2.14. The van der Waals surface area contributed by atoms with Crippen LogP contribution in [0.2, 0.25) is 0 Å². The first-order chi connectivity index (χ1) is 9.47. The Morgan fingerprint density at radius 1 is 1.10 bits per heavy atom. The van der Waals surface area contributed by atoms with E-state index in [1.54, 1.807) is 37.3 Å². The molecule has 0 spiro atoms. The van der Waals surface area contributed by atoms with E-state index in [-0.39, 0.29) is 11.3 Å². The van der Waals surface area contributed by atoms with E-state index in [1.165, 1.54) is 19.1 Å². The molecule has 0 unspecified atom stereocenters. The van der Waals surface area contributed by atoms with Crippen molar-refractivity contribution in [1.29, 1.82) is 0 Å². The summed E-state index contributed by atoms with van der Waals surface area (Å²) in [4.78, 5) is 23.3. The maximum absolute atomic E-state index is 13.6. The summed E-state index contributed by atoms with van der Waals surface area (Å²) in [6.45, 7) is 3.23. The highest BCUT2D eigenvalue weighted by atomic mass is 19.1. The van der Waals surface area contributed by atoms with Crippen molar-refractivity contribution in [3.63, 3.8) is 0 Å². The van der Waals surface area contributed by atoms with Crippen LogP contribution >= 0.6 is 0 Å². The fourth-order valence-electron chi connectivity index (χ4n) is 1.83. The average molecular weight is 271 g/mol. The molecule has 1 amide bonds. The average Bonchev–Trinajstić information content (AvgIpc) is 2.41. The minimum absolute atomic E-state index is 0.0155. The topological polar surface area (TPSA) is 46.2 Å². The molecular weight excluding hydrogens is 257 g/mol. The van der Waals surface area contributed by atoms with Gasteiger partial charge < -0.3 is 5.32 Å². The molecule has 0 atom stereocenters. The largest absolute Gasteiger partial charge is 0.322 e. The number of Topliss-reactive ketones (excluding diaryl/α,β-unsaturated/α-hetero) is 1. The number of halogens is 1. The first-order valence-electron chi connectivity index (χ1n) is 6.16. The normalized spacial score (nSPS) is 10.2. The van der Waals surface area contributed by atoms with E-state index < -0.39 is 11.7 Å². The van der Waals surface area contributed by atoms with Crippen LogP contribution in [0.25, 0.3) is 0 Å². The van der Waals surface area contributed by atoms with E-state index in [0.717, 1.165) is 5.56 Å². The SMILES string of the molecule is CC(=O)c1cccc(NC(=O)c2cc(C)ccc2F)c1. The molecule has 0 saturated heterocycles. The molecule has 0 aliphatic heterocycles. The highest BCUT2D eigenvalue weighted by Gasteiger charge is 2.12. The zero-order chi connectivity index (χ0) is 14.7. The number of ketones is 1. The number of nitrogens with one attached hydrogen (secondary N) is 1. The van der Waals surface area contributed by atoms with Gasteiger partial charge >= 0.3 is 0 Å². The van der Waals surface area contributed by atoms with Gasteiger partial charge in [0.15, 0.2) is 5.78 Å². The number of hydrogen-bond acceptors (Lipinski definition) is 2. The molecule has 0 radical (unpaired) electrons. The lowest BCUT2D eigenvalue weighted by atomic mass is 10.1. The summed E-state index contributed by atoms with van der Waals surface area (Å²) >= 11 is 0. The quantitative estimate of drug-likeness (QED) is 0.867. The Labute approximate surface area is 116 Å². The molecule has 0 saturated carbocycles. The molecule has 0 aliphatic rings. The number of anilines is 1. The third kappa shape index (κ3) is 3.09. The molecule has 2 aromatic rings. The summed E-state index contributed by atoms with van der Waals surface area (Å²) in [6.07, 6.45) is 0. The smallest absolute Gasteiger partial charge is 0.258 e. The third-order valence-electron chi connectivity index (χ3n) is 2.89. The van der Waals surface area contributed by atoms with Crippen LogP contribution in [0.1, 0.15) is 33.2 Å². The van der Waals surface area contributed by atoms with Crippen molar-refractivity contribution in [3.05, 3.63) is 65.0 Å². The molecule has 2 aromatic carbocycles. The lowest BCUT2D eigenvalue weighted by molar-refractivity contribution is 0.100. The van der Waals surface area contributed by atoms with Crippen LogP contribution in [0.4, 0.5) is 10.1 Å². The maximum atomic E-state index is 13.6. The van der Waals surface area contributed by atoms with E-state index in [2.05, 4.69) is 5.32 Å². The van der Waals surface area contributed by atoms with Crippen LogP contribution in [-0.2, 0) is 0 Å². The molecule has 1 N–H and O–H groups in total. The van der Waals surface area contributed by atoms with Crippen LogP contribution in [0.15, 0.2) is 42.5 Å². The number of rotatable bonds is 3. The Morgan fingerprint density at radius 2 is 1.85 bits per heavy atom. The van der Waals surface area contributed by atoms with Crippen LogP contribution in [0.5, 0.6) is 0 Å². The van der Waals surface area contributed by atoms with E-state index in [9.17, 15) is 14.0 Å². The van der Waals surface area contributed by atoms with Gasteiger partial charge in [-0.25, -0.2) is 4.39 Å². The number of carbonyl (C=O) groups excluding carboxylic acids is 2. The van der Waals surface area contributed by atoms with Crippen LogP contribution in [0.3, 0.4) is 0 Å². The summed E-state index contributed by atoms with van der Waals surface area (Å²) < 4.78 is 13.6. The predicted molar refractivity (Wildman–Crippen MR) is 75.5 cm³/mol. The standard InChI is InChI=1S/C16H14FNO2/c1-10-6-7-15(17)14(8-10)16(20)18-13-5-3-4-12(9-13)11(2)19/h3-9H,1-2H3,(H,18,20). The highest BCUT2D eigenvalue weighted by Crippen LogP contribution is 2.15. The second-order valence-corrected chi connectivity index (χ2v) is 4.57. The van der Waals surface area contributed by atoms with Crippen molar-refractivity contribution in [2.24, 2.45) is 0 Å². The molecule has 2 rings (SSSR count). The zero-order valence-corrected chi connectivity index (χ0v) is 11.2. The Balaban J connectivity index is 2.25. The van der Waals surface area contributed by atoms with Gasteiger partial charge in [0, 0.05) is 11.3 Å². The van der Waals surface area contributed by atoms with Gasteiger partial charge in [-0.1, -0.05) is 23.8 Å². The van der Waals surface area contributed by atoms with Crippen molar-refractivity contribution in [1.82, 2.24) is 0 Å². The molecule has 0 heterocycles. The maximum Gasteiger partial charge on any atom is 0.258 e. The number of hydrogen-bond donors (Lipinski definition) is 1. The summed E-state index contributed by atoms with van der Waals surface area (Å²) in [5.74, 6) is -1.20. The van der Waals surface area contributed by atoms with Gasteiger partial charge in [0.2, 0.25) is 0 Å². The number of carbonyl (C=O) groups is 2. The van der Waals surface area contributed by atoms with Gasteiger partial charge in [-0.15, -0.1) is 0 Å². The first-order valence-corrected chi connectivity index (χ1v) is 6.16. The fraction of sp³-hybridized carbons (Fsp3) is 0.125. The predicted octanol–water partition coefficient (Wildman–Crippen LogP) is 3.59. The second kappa shape index (κ2) is 5.65. The lowest BCUT2D eigenvalue weighted by Gasteiger charge is -2.08. The monoisotopic (exact) mass is 271 g/mol. The molecule has 102 valence electrons. The van der Waals surface area contributed by atoms with Gasteiger partial charge in [-0.3, -0.25) is 9.59 Å². The van der Waals surface area contributed by atoms with Gasteiger partial charge in [0.05, 0.1) is 5.56 Å². The zero-order valence-electron chi connectivity index (χ0n) is 11.2. The molecule has 20 heavy (non-hydrogen) atoms. The van der Waals surface area contributed by atoms with E-state index in [1.807, 2.05) is 0 Å². The van der Waals surface area contributed by atoms with Gasteiger partial charge in [-0.05, 0) is 38.1 Å². The van der Waals surface area contributed by atoms with Crippen molar-refractivity contribution in [3.8, 4) is 0 Å². The summed E-state index contributed by atoms with van der Waals surface area (Å²) in [7, 11) is 0. The Kier molecular flexibility index (Phi) is 3.94. The molecule has 4 heteroatoms. The Bertz CT molecular complexity index is 680. The van der Waals surface area contributed by atoms with Crippen LogP contribution in [-0.4, -0.2) is 11.7 Å². The van der Waals surface area contributed by atoms with Crippen LogP contribution in [0, 0.1) is 12.7 Å². The van der Waals surface area contributed by atoms with E-state index in [4.69, 9.17) is 0 Å². The van der Waals surface area contributed by atoms with Crippen molar-refractivity contribution >= 4 is 17.4 Å². The molecular formula is C16H14FNO2. The number of aryl methyl sites for hydroxylation is 1. The fourth-order valence-corrected chi connectivity index (χ4v) is 1.83. The molecule has 0 bridgehead atoms. The summed E-state index contributed by atoms with van der Waals surface area (Å²) in [6, 6.07) is 10.9. The number of amides is 1. The molecule has 0 aromatic heterocycles. The molecule has 0 aliphatic carbocycles. The van der Waals surface area contributed by atoms with Gasteiger partial charge in [-0.2, -0.15) is 0 Å². The Hall–Kier alpha value is -2.49. The molecule has 0 fully saturated rings. The van der Waals surface area contributed by atoms with Crippen molar-refractivity contribution < 1.29 is 14.0 Å². The number of benzene rings is 2. The van der Waals surface area contributed by atoms with Crippen molar-refractivity contribution in [2.75, 3.05) is 5.32 Å². The third-order valence-corrected chi connectivity index (χ3v) is 2.89. The minimum atomic E-state index is -0.573. The van der Waals surface area contributed by atoms with Crippen LogP contribution < -0.4 is 5.32 Å². The van der Waals surface area contributed by atoms with Crippen molar-refractivity contribution in [2.45, 2.75) is 13.8 Å². The highest BCUT2D eigenvalue weighted by molar-refractivity contribution is 6.05. The minimum Gasteiger partial charge on any atom is -0.322 e. The van der Waals surface area contributed by atoms with E-state index >= 15 is 0 Å². The Morgan fingerprint density at radius 3 is 2.55 bits per heavy atom. The van der Waals surface area contributed by atoms with Gasteiger partial charge in [0.25, 0.3) is 5.91 Å².